The predicted molar refractivity (Wildman–Crippen MR) is 154 cm³/mol. The number of anilines is 2. The minimum Gasteiger partial charge on any atom is -0.351 e. The molecule has 0 atom stereocenters. The molecule has 2 heterocycles. The molecule has 40 heavy (non-hydrogen) atoms. The number of aromatic nitrogens is 3. The van der Waals surface area contributed by atoms with E-state index in [0.717, 1.165) is 44.2 Å². The number of fused-ring (bicyclic) bond motifs is 1. The Morgan fingerprint density at radius 2 is 1.88 bits per heavy atom. The van der Waals surface area contributed by atoms with Gasteiger partial charge in [-0.25, -0.2) is 9.37 Å². The average Bonchev–Trinajstić information content (AvgIpc) is 2.87. The number of pyridine rings is 1. The Morgan fingerprint density at radius 3 is 2.50 bits per heavy atom. The molecule has 0 saturated heterocycles. The van der Waals surface area contributed by atoms with Crippen LogP contribution in [0.1, 0.15) is 52.0 Å². The number of rotatable bonds is 10. The van der Waals surface area contributed by atoms with Crippen LogP contribution >= 0.6 is 11.9 Å². The fourth-order valence-corrected chi connectivity index (χ4v) is 5.88. The first-order valence-corrected chi connectivity index (χ1v) is 14.5. The molecule has 2 N–H and O–H groups in total. The second-order valence-corrected chi connectivity index (χ2v) is 11.8. The molecular formula is C28H36F4N6OS. The molecule has 218 valence electrons. The van der Waals surface area contributed by atoms with E-state index in [1.165, 1.54) is 12.1 Å². The summed E-state index contributed by atoms with van der Waals surface area (Å²) in [6.45, 7) is 4.86. The van der Waals surface area contributed by atoms with Gasteiger partial charge in [-0.1, -0.05) is 18.0 Å². The van der Waals surface area contributed by atoms with Gasteiger partial charge in [-0.2, -0.15) is 18.2 Å². The number of halogens is 4. The molecule has 7 nitrogen and oxygen atoms in total. The van der Waals surface area contributed by atoms with Gasteiger partial charge in [0.05, 0.1) is 12.1 Å². The van der Waals surface area contributed by atoms with Gasteiger partial charge in [0, 0.05) is 41.5 Å². The monoisotopic (exact) mass is 580 g/mol. The molecule has 12 heteroatoms. The Balaban J connectivity index is 1.54. The molecular weight excluding hydrogens is 544 g/mol. The zero-order valence-corrected chi connectivity index (χ0v) is 24.0. The van der Waals surface area contributed by atoms with Gasteiger partial charge >= 0.3 is 6.18 Å². The van der Waals surface area contributed by atoms with Crippen molar-refractivity contribution in [1.82, 2.24) is 19.4 Å². The van der Waals surface area contributed by atoms with Crippen LogP contribution in [-0.2, 0) is 0 Å². The number of alkyl halides is 3. The Morgan fingerprint density at radius 1 is 1.15 bits per heavy atom. The van der Waals surface area contributed by atoms with Crippen molar-refractivity contribution in [1.29, 1.82) is 0 Å². The molecule has 1 aliphatic carbocycles. The first kappa shape index (κ1) is 30.1. The van der Waals surface area contributed by atoms with E-state index in [1.807, 2.05) is 13.8 Å². The number of hydrogen-bond acceptors (Lipinski definition) is 7. The molecule has 1 fully saturated rings. The molecule has 2 aromatic heterocycles. The van der Waals surface area contributed by atoms with Crippen LogP contribution in [0.25, 0.3) is 22.2 Å². The molecule has 1 aromatic carbocycles. The smallest absolute Gasteiger partial charge is 0.351 e. The summed E-state index contributed by atoms with van der Waals surface area (Å²) in [6.07, 6.45) is 0.776. The Bertz CT molecular complexity index is 1370. The van der Waals surface area contributed by atoms with E-state index in [1.54, 1.807) is 22.9 Å². The van der Waals surface area contributed by atoms with Gasteiger partial charge in [0.2, 0.25) is 5.95 Å². The molecule has 0 amide bonds. The van der Waals surface area contributed by atoms with Crippen LogP contribution in [0.4, 0.5) is 29.2 Å². The maximum Gasteiger partial charge on any atom is 0.389 e. The summed E-state index contributed by atoms with van der Waals surface area (Å²) in [4.78, 5) is 25.0. The van der Waals surface area contributed by atoms with E-state index < -0.39 is 18.4 Å². The lowest BCUT2D eigenvalue weighted by molar-refractivity contribution is -0.129. The van der Waals surface area contributed by atoms with E-state index in [4.69, 9.17) is 4.98 Å². The van der Waals surface area contributed by atoms with Crippen molar-refractivity contribution < 1.29 is 17.6 Å². The highest BCUT2D eigenvalue weighted by molar-refractivity contribution is 8.00. The van der Waals surface area contributed by atoms with Crippen molar-refractivity contribution in [3.63, 3.8) is 0 Å². The molecule has 0 aliphatic heterocycles. The van der Waals surface area contributed by atoms with E-state index in [-0.39, 0.29) is 29.1 Å². The van der Waals surface area contributed by atoms with Crippen LogP contribution in [0.3, 0.4) is 0 Å². The third kappa shape index (κ3) is 7.66. The standard InChI is InChI=1S/C28H36F4N6OS/c1-17(2)38-25-20(15-33-27(35-25)34-21-8-5-18(6-9-21)16-37(3)4)13-22(26(38)39)19-7-10-24(23(29)14-19)36-40-12-11-28(30,31)32/h7,10,13-15,17-18,21,36H,5-6,8-9,11-12,16H2,1-4H3,(H,33,34,35). The van der Waals surface area contributed by atoms with E-state index in [2.05, 4.69) is 34.0 Å². The molecule has 0 radical (unpaired) electrons. The zero-order valence-electron chi connectivity index (χ0n) is 23.2. The van der Waals surface area contributed by atoms with E-state index in [9.17, 15) is 22.4 Å². The first-order valence-electron chi connectivity index (χ1n) is 13.5. The van der Waals surface area contributed by atoms with Crippen LogP contribution in [0.2, 0.25) is 0 Å². The van der Waals surface area contributed by atoms with Gasteiger partial charge in [-0.15, -0.1) is 0 Å². The summed E-state index contributed by atoms with van der Waals surface area (Å²) in [7, 11) is 4.20. The minimum absolute atomic E-state index is 0.0516. The van der Waals surface area contributed by atoms with E-state index in [0.29, 0.717) is 34.0 Å². The lowest BCUT2D eigenvalue weighted by Gasteiger charge is -2.30. The predicted octanol–water partition coefficient (Wildman–Crippen LogP) is 6.72. The number of benzene rings is 1. The van der Waals surface area contributed by atoms with E-state index >= 15 is 0 Å². The first-order chi connectivity index (χ1) is 18.9. The maximum absolute atomic E-state index is 14.8. The van der Waals surface area contributed by atoms with Gasteiger partial charge in [0.15, 0.2) is 0 Å². The Kier molecular flexibility index (Phi) is 9.60. The molecule has 4 rings (SSSR count). The summed E-state index contributed by atoms with van der Waals surface area (Å²) >= 11 is 0.776. The topological polar surface area (TPSA) is 75.1 Å². The number of nitrogens with zero attached hydrogens (tertiary/aromatic N) is 4. The molecule has 0 spiro atoms. The second kappa shape index (κ2) is 12.8. The number of nitrogens with one attached hydrogen (secondary N) is 2. The number of hydrogen-bond donors (Lipinski definition) is 2. The average molecular weight is 581 g/mol. The van der Waals surface area contributed by atoms with Crippen molar-refractivity contribution >= 4 is 34.6 Å². The summed E-state index contributed by atoms with van der Waals surface area (Å²) in [5, 5.41) is 4.10. The second-order valence-electron chi connectivity index (χ2n) is 10.9. The SMILES string of the molecule is CC(C)n1c(=O)c(-c2ccc(NSCCC(F)(F)F)c(F)c2)cc2cnc(NC3CCC(CN(C)C)CC3)nc21. The van der Waals surface area contributed by atoms with Crippen LogP contribution < -0.4 is 15.6 Å². The van der Waals surface area contributed by atoms with Crippen molar-refractivity contribution in [2.75, 3.05) is 36.4 Å². The van der Waals surface area contributed by atoms with Crippen LogP contribution in [0.5, 0.6) is 0 Å². The largest absolute Gasteiger partial charge is 0.389 e. The molecule has 1 aliphatic rings. The summed E-state index contributed by atoms with van der Waals surface area (Å²) in [5.74, 6) is 0.263. The fourth-order valence-electron chi connectivity index (χ4n) is 5.12. The lowest BCUT2D eigenvalue weighted by Crippen LogP contribution is -2.31. The van der Waals surface area contributed by atoms with Crippen molar-refractivity contribution in [3.05, 3.63) is 46.6 Å². The van der Waals surface area contributed by atoms with Gasteiger partial charge in [0.25, 0.3) is 5.56 Å². The molecule has 1 saturated carbocycles. The van der Waals surface area contributed by atoms with Gasteiger partial charge in [0.1, 0.15) is 11.5 Å². The van der Waals surface area contributed by atoms with Gasteiger partial charge in [-0.05, 0) is 83.3 Å². The van der Waals surface area contributed by atoms with Crippen LogP contribution in [0.15, 0.2) is 35.3 Å². The van der Waals surface area contributed by atoms with Crippen molar-refractivity contribution in [2.24, 2.45) is 5.92 Å². The highest BCUT2D eigenvalue weighted by atomic mass is 32.2. The molecule has 3 aromatic rings. The highest BCUT2D eigenvalue weighted by Crippen LogP contribution is 2.29. The van der Waals surface area contributed by atoms with Crippen LogP contribution in [0, 0.1) is 11.7 Å². The third-order valence-corrected chi connectivity index (χ3v) is 7.82. The normalized spacial score (nSPS) is 18.1. The fraction of sp³-hybridized carbons (Fsp3) is 0.536. The van der Waals surface area contributed by atoms with Crippen LogP contribution in [-0.4, -0.2) is 58.0 Å². The quantitative estimate of drug-likeness (QED) is 0.157. The molecule has 0 bridgehead atoms. The summed E-state index contributed by atoms with van der Waals surface area (Å²) < 4.78 is 56.1. The third-order valence-electron chi connectivity index (χ3n) is 7.04. The summed E-state index contributed by atoms with van der Waals surface area (Å²) in [6, 6.07) is 5.93. The van der Waals surface area contributed by atoms with Gasteiger partial charge in [-0.3, -0.25) is 9.36 Å². The molecule has 0 unspecified atom stereocenters. The minimum atomic E-state index is -4.27. The zero-order chi connectivity index (χ0) is 29.0. The summed E-state index contributed by atoms with van der Waals surface area (Å²) in [5.41, 5.74) is 0.898. The Hall–Kier alpha value is -2.86. The van der Waals surface area contributed by atoms with Gasteiger partial charge < -0.3 is 14.9 Å². The van der Waals surface area contributed by atoms with Crippen molar-refractivity contribution in [3.8, 4) is 11.1 Å². The Labute approximate surface area is 235 Å². The highest BCUT2D eigenvalue weighted by Gasteiger charge is 2.26. The van der Waals surface area contributed by atoms with Crippen molar-refractivity contribution in [2.45, 2.75) is 64.2 Å². The lowest BCUT2D eigenvalue weighted by atomic mass is 9.86. The maximum atomic E-state index is 14.8.